The van der Waals surface area contributed by atoms with E-state index < -0.39 is 0 Å². The number of amides is 1. The van der Waals surface area contributed by atoms with Gasteiger partial charge in [0.25, 0.3) is 0 Å². The van der Waals surface area contributed by atoms with Gasteiger partial charge in [0, 0.05) is 38.3 Å². The average Bonchev–Trinajstić information content (AvgIpc) is 3.31. The van der Waals surface area contributed by atoms with Crippen molar-refractivity contribution >= 4 is 11.9 Å². The third-order valence-corrected chi connectivity index (χ3v) is 5.31. The maximum Gasteiger partial charge on any atom is 0.225 e. The van der Waals surface area contributed by atoms with Gasteiger partial charge in [0.15, 0.2) is 5.96 Å². The molecule has 1 aliphatic carbocycles. The first-order valence-electron chi connectivity index (χ1n) is 9.34. The van der Waals surface area contributed by atoms with Crippen LogP contribution >= 0.6 is 0 Å². The fourth-order valence-corrected chi connectivity index (χ4v) is 3.77. The number of guanidine groups is 1. The van der Waals surface area contributed by atoms with E-state index in [1.807, 2.05) is 17.2 Å². The molecule has 1 saturated carbocycles. The van der Waals surface area contributed by atoms with E-state index in [1.165, 1.54) is 18.4 Å². The molecular weight excluding hydrogens is 314 g/mol. The Labute approximate surface area is 150 Å². The lowest BCUT2D eigenvalue weighted by Crippen LogP contribution is -2.45. The molecule has 1 unspecified atom stereocenters. The van der Waals surface area contributed by atoms with E-state index in [0.717, 1.165) is 44.0 Å². The first-order chi connectivity index (χ1) is 12.2. The highest BCUT2D eigenvalue weighted by Gasteiger charge is 2.32. The third-order valence-electron chi connectivity index (χ3n) is 5.31. The second kappa shape index (κ2) is 8.32. The first-order valence-corrected chi connectivity index (χ1v) is 9.34. The Hall–Kier alpha value is -2.11. The Balaban J connectivity index is 1.48. The summed E-state index contributed by atoms with van der Waals surface area (Å²) in [4.78, 5) is 23.3. The number of carbonyl (C=O) groups excluding carboxylic acids is 1. The van der Waals surface area contributed by atoms with Crippen molar-refractivity contribution in [3.05, 3.63) is 29.6 Å². The zero-order valence-electron chi connectivity index (χ0n) is 15.3. The highest BCUT2D eigenvalue weighted by Crippen LogP contribution is 2.27. The molecule has 1 aromatic rings. The summed E-state index contributed by atoms with van der Waals surface area (Å²) < 4.78 is 0. The molecule has 0 aromatic carbocycles. The molecule has 25 heavy (non-hydrogen) atoms. The second-order valence-electron chi connectivity index (χ2n) is 7.09. The van der Waals surface area contributed by atoms with Crippen LogP contribution < -0.4 is 10.6 Å². The van der Waals surface area contributed by atoms with Crippen molar-refractivity contribution in [2.45, 2.75) is 51.6 Å². The summed E-state index contributed by atoms with van der Waals surface area (Å²) in [6.45, 7) is 4.33. The summed E-state index contributed by atoms with van der Waals surface area (Å²) in [7, 11) is 1.77. The van der Waals surface area contributed by atoms with Gasteiger partial charge in [-0.25, -0.2) is 0 Å². The van der Waals surface area contributed by atoms with Gasteiger partial charge in [0.1, 0.15) is 0 Å². The lowest BCUT2D eigenvalue weighted by Gasteiger charge is -2.21. The van der Waals surface area contributed by atoms with Crippen LogP contribution in [0, 0.1) is 12.8 Å². The number of nitrogens with zero attached hydrogens (tertiary/aromatic N) is 3. The van der Waals surface area contributed by atoms with Crippen LogP contribution in [0.1, 0.15) is 43.4 Å². The number of aryl methyl sites for hydroxylation is 1. The van der Waals surface area contributed by atoms with Crippen LogP contribution in [-0.2, 0) is 11.3 Å². The molecule has 1 atom stereocenters. The van der Waals surface area contributed by atoms with Crippen LogP contribution in [0.2, 0.25) is 0 Å². The van der Waals surface area contributed by atoms with Crippen LogP contribution in [0.5, 0.6) is 0 Å². The fourth-order valence-electron chi connectivity index (χ4n) is 3.77. The SMILES string of the molecule is CN=C(NCc1ncccc1C)NC1CCN(C(=O)C2CCCC2)C1. The smallest absolute Gasteiger partial charge is 0.225 e. The van der Waals surface area contributed by atoms with Gasteiger partial charge in [-0.2, -0.15) is 0 Å². The summed E-state index contributed by atoms with van der Waals surface area (Å²) in [5, 5.41) is 6.77. The van der Waals surface area contributed by atoms with Gasteiger partial charge in [0.05, 0.1) is 12.2 Å². The Morgan fingerprint density at radius 2 is 2.16 bits per heavy atom. The molecule has 2 aliphatic rings. The highest BCUT2D eigenvalue weighted by molar-refractivity contribution is 5.81. The molecule has 136 valence electrons. The summed E-state index contributed by atoms with van der Waals surface area (Å²) in [6.07, 6.45) is 7.33. The molecule has 2 fully saturated rings. The number of pyridine rings is 1. The number of nitrogens with one attached hydrogen (secondary N) is 2. The molecule has 0 spiro atoms. The van der Waals surface area contributed by atoms with Crippen LogP contribution in [0.3, 0.4) is 0 Å². The average molecular weight is 343 g/mol. The molecule has 6 heteroatoms. The lowest BCUT2D eigenvalue weighted by molar-refractivity contribution is -0.134. The number of likely N-dealkylation sites (tertiary alicyclic amines) is 1. The van der Waals surface area contributed by atoms with Gasteiger partial charge in [-0.15, -0.1) is 0 Å². The van der Waals surface area contributed by atoms with Crippen molar-refractivity contribution in [1.82, 2.24) is 20.5 Å². The molecule has 1 amide bonds. The molecule has 3 rings (SSSR count). The van der Waals surface area contributed by atoms with Crippen molar-refractivity contribution in [3.63, 3.8) is 0 Å². The van der Waals surface area contributed by atoms with E-state index in [1.54, 1.807) is 7.05 Å². The van der Waals surface area contributed by atoms with Crippen molar-refractivity contribution < 1.29 is 4.79 Å². The maximum absolute atomic E-state index is 12.5. The Morgan fingerprint density at radius 1 is 1.36 bits per heavy atom. The van der Waals surface area contributed by atoms with E-state index in [2.05, 4.69) is 33.6 Å². The largest absolute Gasteiger partial charge is 0.352 e. The van der Waals surface area contributed by atoms with Gasteiger partial charge >= 0.3 is 0 Å². The number of carbonyl (C=O) groups is 1. The minimum Gasteiger partial charge on any atom is -0.352 e. The predicted octanol–water partition coefficient (Wildman–Crippen LogP) is 1.85. The molecule has 0 radical (unpaired) electrons. The summed E-state index contributed by atoms with van der Waals surface area (Å²) in [6, 6.07) is 4.27. The summed E-state index contributed by atoms with van der Waals surface area (Å²) in [5.74, 6) is 1.39. The molecular formula is C19H29N5O. The van der Waals surface area contributed by atoms with E-state index in [4.69, 9.17) is 0 Å². The fraction of sp³-hybridized carbons (Fsp3) is 0.632. The zero-order valence-corrected chi connectivity index (χ0v) is 15.3. The van der Waals surface area contributed by atoms with Crippen molar-refractivity contribution in [1.29, 1.82) is 0 Å². The number of hydrogen-bond donors (Lipinski definition) is 2. The lowest BCUT2D eigenvalue weighted by atomic mass is 10.1. The molecule has 6 nitrogen and oxygen atoms in total. The summed E-state index contributed by atoms with van der Waals surface area (Å²) in [5.41, 5.74) is 2.19. The van der Waals surface area contributed by atoms with Crippen LogP contribution in [0.4, 0.5) is 0 Å². The first kappa shape index (κ1) is 17.7. The van der Waals surface area contributed by atoms with Crippen molar-refractivity contribution in [3.8, 4) is 0 Å². The molecule has 0 bridgehead atoms. The molecule has 2 heterocycles. The van der Waals surface area contributed by atoms with Crippen molar-refractivity contribution in [2.24, 2.45) is 10.9 Å². The maximum atomic E-state index is 12.5. The van der Waals surface area contributed by atoms with Crippen molar-refractivity contribution in [2.75, 3.05) is 20.1 Å². The second-order valence-corrected chi connectivity index (χ2v) is 7.09. The minimum absolute atomic E-state index is 0.265. The number of hydrogen-bond acceptors (Lipinski definition) is 3. The minimum atomic E-state index is 0.265. The number of rotatable bonds is 4. The number of aliphatic imine (C=N–C) groups is 1. The number of aromatic nitrogens is 1. The van der Waals surface area contributed by atoms with E-state index in [9.17, 15) is 4.79 Å². The monoisotopic (exact) mass is 343 g/mol. The van der Waals surface area contributed by atoms with Gasteiger partial charge in [-0.3, -0.25) is 14.8 Å². The van der Waals surface area contributed by atoms with Gasteiger partial charge in [0.2, 0.25) is 5.91 Å². The summed E-state index contributed by atoms with van der Waals surface area (Å²) >= 11 is 0. The van der Waals surface area contributed by atoms with Crippen LogP contribution in [0.15, 0.2) is 23.3 Å². The van der Waals surface area contributed by atoms with Gasteiger partial charge in [-0.1, -0.05) is 18.9 Å². The quantitative estimate of drug-likeness (QED) is 0.647. The molecule has 1 aliphatic heterocycles. The van der Waals surface area contributed by atoms with Gasteiger partial charge < -0.3 is 15.5 Å². The molecule has 1 aromatic heterocycles. The van der Waals surface area contributed by atoms with E-state index in [-0.39, 0.29) is 12.0 Å². The predicted molar refractivity (Wildman–Crippen MR) is 99.3 cm³/mol. The highest BCUT2D eigenvalue weighted by atomic mass is 16.2. The standard InChI is InChI=1S/C19H29N5O/c1-14-6-5-10-21-17(14)12-22-19(20-2)23-16-9-11-24(13-16)18(25)15-7-3-4-8-15/h5-6,10,15-16H,3-4,7-9,11-13H2,1-2H3,(H2,20,22,23). The van der Waals surface area contributed by atoms with Gasteiger partial charge in [-0.05, 0) is 37.8 Å². The Morgan fingerprint density at radius 3 is 2.88 bits per heavy atom. The van der Waals surface area contributed by atoms with Crippen LogP contribution in [-0.4, -0.2) is 47.9 Å². The van der Waals surface area contributed by atoms with E-state index in [0.29, 0.717) is 12.5 Å². The third kappa shape index (κ3) is 4.50. The zero-order chi connectivity index (χ0) is 17.6. The normalized spacial score (nSPS) is 21.6. The topological polar surface area (TPSA) is 69.6 Å². The van der Waals surface area contributed by atoms with Crippen LogP contribution in [0.25, 0.3) is 0 Å². The Bertz CT molecular complexity index is 624. The Kier molecular flexibility index (Phi) is 5.89. The molecule has 2 N–H and O–H groups in total. The van der Waals surface area contributed by atoms with E-state index >= 15 is 0 Å². The molecule has 1 saturated heterocycles.